The van der Waals surface area contributed by atoms with Gasteiger partial charge >= 0.3 is 0 Å². The lowest BCUT2D eigenvalue weighted by atomic mass is 10.2. The van der Waals surface area contributed by atoms with Crippen molar-refractivity contribution in [1.82, 2.24) is 4.90 Å². The Morgan fingerprint density at radius 3 is 2.52 bits per heavy atom. The lowest BCUT2D eigenvalue weighted by Crippen LogP contribution is -2.34. The van der Waals surface area contributed by atoms with Crippen LogP contribution in [0.5, 0.6) is 0 Å². The second kappa shape index (κ2) is 6.54. The van der Waals surface area contributed by atoms with Crippen LogP contribution in [0.15, 0.2) is 65.1 Å². The van der Waals surface area contributed by atoms with Crippen molar-refractivity contribution in [3.63, 3.8) is 0 Å². The number of allylic oxidation sites excluding steroid dienone is 2. The molecule has 1 aromatic rings. The number of anilines is 1. The maximum absolute atomic E-state index is 4.01. The van der Waals surface area contributed by atoms with Gasteiger partial charge in [-0.25, -0.2) is 0 Å². The van der Waals surface area contributed by atoms with E-state index in [2.05, 4.69) is 47.2 Å². The number of fused-ring (bicyclic) bond motifs is 1. The molecule has 0 spiro atoms. The maximum Gasteiger partial charge on any atom is 0.0553 e. The molecular formula is C18H22N2S. The van der Waals surface area contributed by atoms with E-state index in [1.807, 2.05) is 12.2 Å². The van der Waals surface area contributed by atoms with E-state index in [0.29, 0.717) is 0 Å². The first-order valence-corrected chi connectivity index (χ1v) is 8.41. The molecular weight excluding hydrogens is 276 g/mol. The van der Waals surface area contributed by atoms with Crippen LogP contribution in [0.4, 0.5) is 5.69 Å². The number of likely N-dealkylation sites (tertiary alicyclic amines) is 1. The summed E-state index contributed by atoms with van der Waals surface area (Å²) in [4.78, 5) is 7.46. The molecule has 0 aromatic heterocycles. The van der Waals surface area contributed by atoms with Gasteiger partial charge in [0.2, 0.25) is 0 Å². The number of hydrogen-bond acceptors (Lipinski definition) is 3. The van der Waals surface area contributed by atoms with Crippen molar-refractivity contribution < 1.29 is 0 Å². The molecule has 1 saturated heterocycles. The first-order valence-electron chi connectivity index (χ1n) is 7.59. The summed E-state index contributed by atoms with van der Waals surface area (Å²) in [7, 11) is 0. The molecule has 0 amide bonds. The van der Waals surface area contributed by atoms with Gasteiger partial charge in [0.1, 0.15) is 0 Å². The van der Waals surface area contributed by atoms with Crippen molar-refractivity contribution in [3.05, 3.63) is 60.2 Å². The Balaban J connectivity index is 1.87. The van der Waals surface area contributed by atoms with E-state index in [1.54, 1.807) is 11.8 Å². The van der Waals surface area contributed by atoms with E-state index in [9.17, 15) is 0 Å². The Bertz CT molecular complexity index is 570. The van der Waals surface area contributed by atoms with Crippen molar-refractivity contribution in [2.45, 2.75) is 17.7 Å². The molecule has 0 atom stereocenters. The average molecular weight is 298 g/mol. The van der Waals surface area contributed by atoms with Gasteiger partial charge in [-0.1, -0.05) is 43.1 Å². The molecule has 2 nitrogen and oxygen atoms in total. The molecule has 1 fully saturated rings. The van der Waals surface area contributed by atoms with E-state index in [0.717, 1.165) is 13.1 Å². The third-order valence-corrected chi connectivity index (χ3v) is 5.30. The van der Waals surface area contributed by atoms with Gasteiger partial charge < -0.3 is 9.80 Å². The lowest BCUT2D eigenvalue weighted by molar-refractivity contribution is 0.347. The van der Waals surface area contributed by atoms with Crippen LogP contribution < -0.4 is 4.90 Å². The minimum absolute atomic E-state index is 1.01. The topological polar surface area (TPSA) is 6.48 Å². The molecule has 0 unspecified atom stereocenters. The van der Waals surface area contributed by atoms with Gasteiger partial charge in [-0.2, -0.15) is 0 Å². The Labute approximate surface area is 131 Å². The summed E-state index contributed by atoms with van der Waals surface area (Å²) in [5.41, 5.74) is 2.48. The van der Waals surface area contributed by atoms with E-state index in [1.165, 1.54) is 47.1 Å². The number of para-hydroxylation sites is 1. The van der Waals surface area contributed by atoms with Gasteiger partial charge in [0.25, 0.3) is 0 Å². The van der Waals surface area contributed by atoms with Crippen LogP contribution >= 0.6 is 11.8 Å². The van der Waals surface area contributed by atoms with Crippen LogP contribution in [0, 0.1) is 0 Å². The Hall–Kier alpha value is -1.45. The van der Waals surface area contributed by atoms with E-state index >= 15 is 0 Å². The van der Waals surface area contributed by atoms with Crippen molar-refractivity contribution in [2.75, 3.05) is 31.1 Å². The van der Waals surface area contributed by atoms with Gasteiger partial charge in [-0.15, -0.1) is 0 Å². The Morgan fingerprint density at radius 1 is 1.05 bits per heavy atom. The van der Waals surface area contributed by atoms with Gasteiger partial charge in [0.05, 0.1) is 11.4 Å². The van der Waals surface area contributed by atoms with Crippen molar-refractivity contribution in [2.24, 2.45) is 0 Å². The van der Waals surface area contributed by atoms with Crippen LogP contribution in [0.1, 0.15) is 12.8 Å². The average Bonchev–Trinajstić information content (AvgIpc) is 3.04. The number of hydrogen-bond donors (Lipinski definition) is 0. The minimum atomic E-state index is 1.01. The quantitative estimate of drug-likeness (QED) is 0.801. The number of thioether (sulfide) groups is 1. The molecule has 3 rings (SSSR count). The summed E-state index contributed by atoms with van der Waals surface area (Å²) in [5.74, 6) is 0. The number of nitrogens with zero attached hydrogens (tertiary/aromatic N) is 2. The first-order chi connectivity index (χ1) is 10.3. The lowest BCUT2D eigenvalue weighted by Gasteiger charge is -2.34. The van der Waals surface area contributed by atoms with Gasteiger partial charge in [-0.3, -0.25) is 0 Å². The summed E-state index contributed by atoms with van der Waals surface area (Å²) in [6, 6.07) is 8.61. The molecule has 110 valence electrons. The predicted octanol–water partition coefficient (Wildman–Crippen LogP) is 4.28. The van der Waals surface area contributed by atoms with Crippen molar-refractivity contribution in [1.29, 1.82) is 0 Å². The van der Waals surface area contributed by atoms with E-state index < -0.39 is 0 Å². The molecule has 0 aliphatic carbocycles. The fourth-order valence-electron chi connectivity index (χ4n) is 3.05. The highest BCUT2D eigenvalue weighted by Gasteiger charge is 2.23. The molecule has 2 aliphatic heterocycles. The monoisotopic (exact) mass is 298 g/mol. The smallest absolute Gasteiger partial charge is 0.0553 e. The third-order valence-electron chi connectivity index (χ3n) is 4.14. The summed E-state index contributed by atoms with van der Waals surface area (Å²) in [6.45, 7) is 12.6. The van der Waals surface area contributed by atoms with Crippen LogP contribution in [0.3, 0.4) is 0 Å². The zero-order chi connectivity index (χ0) is 14.7. The zero-order valence-corrected chi connectivity index (χ0v) is 13.2. The summed E-state index contributed by atoms with van der Waals surface area (Å²) >= 11 is 1.79. The van der Waals surface area contributed by atoms with Crippen LogP contribution in [0.25, 0.3) is 0 Å². The highest BCUT2D eigenvalue weighted by atomic mass is 32.2. The summed E-state index contributed by atoms with van der Waals surface area (Å²) in [6.07, 6.45) is 6.59. The second-order valence-electron chi connectivity index (χ2n) is 5.43. The normalized spacial score (nSPS) is 18.8. The molecule has 0 radical (unpaired) electrons. The second-order valence-corrected chi connectivity index (χ2v) is 6.51. The predicted molar refractivity (Wildman–Crippen MR) is 92.7 cm³/mol. The summed E-state index contributed by atoms with van der Waals surface area (Å²) in [5, 5.41) is 0. The zero-order valence-electron chi connectivity index (χ0n) is 12.4. The van der Waals surface area contributed by atoms with Gasteiger partial charge in [0.15, 0.2) is 0 Å². The van der Waals surface area contributed by atoms with Crippen LogP contribution in [0.2, 0.25) is 0 Å². The van der Waals surface area contributed by atoms with E-state index in [4.69, 9.17) is 0 Å². The first kappa shape index (κ1) is 14.5. The molecule has 3 heteroatoms. The van der Waals surface area contributed by atoms with Crippen molar-refractivity contribution >= 4 is 17.4 Å². The fraction of sp³-hybridized carbons (Fsp3) is 0.333. The Kier molecular flexibility index (Phi) is 4.51. The number of benzene rings is 1. The molecule has 2 aliphatic rings. The third kappa shape index (κ3) is 2.94. The standard InChI is InChI=1S/C18H22N2S/c1-3-15-17(4-2)21-18-10-6-5-9-16(18)20(15)14-13-19-11-7-8-12-19/h3-6,9-10H,1-2,7-8,11-14H2. The molecule has 0 N–H and O–H groups in total. The fourth-order valence-corrected chi connectivity index (χ4v) is 4.09. The number of rotatable bonds is 5. The van der Waals surface area contributed by atoms with Gasteiger partial charge in [0, 0.05) is 22.9 Å². The highest BCUT2D eigenvalue weighted by Crippen LogP contribution is 2.43. The van der Waals surface area contributed by atoms with Gasteiger partial charge in [-0.05, 0) is 44.1 Å². The molecule has 1 aromatic carbocycles. The molecule has 21 heavy (non-hydrogen) atoms. The summed E-state index contributed by atoms with van der Waals surface area (Å²) < 4.78 is 0. The molecule has 0 saturated carbocycles. The minimum Gasteiger partial charge on any atom is -0.338 e. The van der Waals surface area contributed by atoms with Crippen molar-refractivity contribution in [3.8, 4) is 0 Å². The molecule has 0 bridgehead atoms. The highest BCUT2D eigenvalue weighted by molar-refractivity contribution is 8.03. The van der Waals surface area contributed by atoms with Crippen LogP contribution in [-0.4, -0.2) is 31.1 Å². The SMILES string of the molecule is C=CC1=C(C=C)N(CCN2CCCC2)c2ccccc2S1. The van der Waals surface area contributed by atoms with Crippen LogP contribution in [-0.2, 0) is 0 Å². The largest absolute Gasteiger partial charge is 0.338 e. The maximum atomic E-state index is 4.01. The Morgan fingerprint density at radius 2 is 1.81 bits per heavy atom. The molecule has 2 heterocycles. The van der Waals surface area contributed by atoms with E-state index in [-0.39, 0.29) is 0 Å².